The number of carboxylic acid groups (broad SMARTS) is 1. The molecule has 4 saturated carbocycles. The van der Waals surface area contributed by atoms with E-state index >= 15 is 0 Å². The summed E-state index contributed by atoms with van der Waals surface area (Å²) in [6.45, 7) is 6.95. The smallest absolute Gasteiger partial charge is 0.307 e. The molecule has 0 spiro atoms. The monoisotopic (exact) mass is 755 g/mol. The minimum atomic E-state index is -0.796. The quantitative estimate of drug-likeness (QED) is 0.110. The van der Waals surface area contributed by atoms with Gasteiger partial charge in [-0.3, -0.25) is 9.59 Å². The number of ether oxygens (including phenoxy) is 1. The van der Waals surface area contributed by atoms with Gasteiger partial charge in [0.05, 0.1) is 25.9 Å². The van der Waals surface area contributed by atoms with E-state index in [1.54, 1.807) is 0 Å². The molecule has 2 aromatic rings. The normalized spacial score (nSPS) is 20.0. The van der Waals surface area contributed by atoms with E-state index < -0.39 is 11.6 Å². The first-order valence-electron chi connectivity index (χ1n) is 21.6. The molecule has 2 atom stereocenters. The number of rotatable bonds is 20. The van der Waals surface area contributed by atoms with Crippen molar-refractivity contribution in [3.05, 3.63) is 23.4 Å². The van der Waals surface area contributed by atoms with Crippen molar-refractivity contribution < 1.29 is 28.5 Å². The summed E-state index contributed by atoms with van der Waals surface area (Å²) in [7, 11) is 0. The van der Waals surface area contributed by atoms with Gasteiger partial charge >= 0.3 is 11.9 Å². The lowest BCUT2D eigenvalue weighted by Crippen LogP contribution is -2.34. The largest absolute Gasteiger partial charge is 0.481 e. The zero-order valence-corrected chi connectivity index (χ0v) is 33.6. The number of aromatic nitrogens is 4. The molecule has 0 aromatic carbocycles. The Kier molecular flexibility index (Phi) is 17.2. The summed E-state index contributed by atoms with van der Waals surface area (Å²) < 4.78 is 16.5. The molecular weight excluding hydrogens is 684 g/mol. The average molecular weight is 755 g/mol. The average Bonchev–Trinajstić information content (AvgIpc) is 3.77. The molecule has 0 bridgehead atoms. The Hall–Kier alpha value is -2.86. The number of carbonyl (C=O) groups excluding carboxylic acids is 1. The molecule has 0 saturated heterocycles. The van der Waals surface area contributed by atoms with Crippen molar-refractivity contribution in [3.63, 3.8) is 0 Å². The van der Waals surface area contributed by atoms with Gasteiger partial charge in [0.2, 0.25) is 11.8 Å². The van der Waals surface area contributed by atoms with Crippen LogP contribution in [0.25, 0.3) is 0 Å². The predicted octanol–water partition coefficient (Wildman–Crippen LogP) is 9.30. The molecule has 0 aliphatic heterocycles. The molecule has 2 heterocycles. The van der Waals surface area contributed by atoms with Crippen LogP contribution in [0.3, 0.4) is 0 Å². The summed E-state index contributed by atoms with van der Waals surface area (Å²) in [6, 6.07) is 1.16. The van der Waals surface area contributed by atoms with Gasteiger partial charge in [-0.25, -0.2) is 0 Å². The molecular formula is C42H70N6O6. The minimum absolute atomic E-state index is 0.0570. The first-order chi connectivity index (χ1) is 26.1. The van der Waals surface area contributed by atoms with Crippen molar-refractivity contribution in [1.82, 2.24) is 30.9 Å². The number of nitrogens with zero attached hydrogens (tertiary/aromatic N) is 4. The summed E-state index contributed by atoms with van der Waals surface area (Å²) in [5.74, 6) is 2.88. The van der Waals surface area contributed by atoms with Crippen LogP contribution >= 0.6 is 0 Å². The van der Waals surface area contributed by atoms with Crippen LogP contribution in [0.15, 0.2) is 9.05 Å². The lowest BCUT2D eigenvalue weighted by Gasteiger charge is -2.25. The molecule has 2 aromatic heterocycles. The Balaban J connectivity index is 0.000000210. The molecule has 6 rings (SSSR count). The van der Waals surface area contributed by atoms with Crippen molar-refractivity contribution in [3.8, 4) is 0 Å². The van der Waals surface area contributed by atoms with Gasteiger partial charge in [0.25, 0.3) is 0 Å². The summed E-state index contributed by atoms with van der Waals surface area (Å²) in [4.78, 5) is 32.7. The first kappa shape index (κ1) is 42.3. The SMILES string of the molecule is CC(C)(C)OC(=O)C[C@@H](CCCC1CCCCC1)c1nc(CNC2CCC2)no1.O=C(O)C[C@@H](CCCC1CCCCC1)c1nc(CNC2CCC2)no1. The van der Waals surface area contributed by atoms with Crippen LogP contribution in [-0.2, 0) is 27.4 Å². The maximum atomic E-state index is 12.5. The second kappa shape index (κ2) is 22.0. The fourth-order valence-corrected chi connectivity index (χ4v) is 8.38. The van der Waals surface area contributed by atoms with Gasteiger partial charge in [0, 0.05) is 23.9 Å². The summed E-state index contributed by atoms with van der Waals surface area (Å²) in [5, 5.41) is 24.3. The van der Waals surface area contributed by atoms with Crippen molar-refractivity contribution >= 4 is 11.9 Å². The van der Waals surface area contributed by atoms with Gasteiger partial charge in [-0.2, -0.15) is 9.97 Å². The standard InChI is InChI=1S/C23H39N3O3.C19H31N3O3/c1-23(2,3)28-21(27)15-18(12-7-11-17-9-5-4-6-10-17)22-25-20(26-29-22)16-24-19-13-8-14-19;23-18(24)12-15(9-4-8-14-6-2-1-3-7-14)19-21-17(22-25-19)13-20-16-10-5-11-16/h17-19,24H,4-16H2,1-3H3;14-16,20H,1-13H2,(H,23,24)/t18-;15-/m11/s1. The number of hydrogen-bond donors (Lipinski definition) is 3. The third kappa shape index (κ3) is 15.3. The number of carbonyl (C=O) groups is 2. The second-order valence-corrected chi connectivity index (χ2v) is 17.8. The lowest BCUT2D eigenvalue weighted by molar-refractivity contribution is -0.155. The van der Waals surface area contributed by atoms with Crippen LogP contribution in [0.1, 0.15) is 210 Å². The molecule has 12 heteroatoms. The third-order valence-electron chi connectivity index (χ3n) is 12.0. The lowest BCUT2D eigenvalue weighted by atomic mass is 9.84. The molecule has 4 aliphatic carbocycles. The van der Waals surface area contributed by atoms with E-state index in [2.05, 4.69) is 30.9 Å². The third-order valence-corrected chi connectivity index (χ3v) is 12.0. The Morgan fingerprint density at radius 1 is 0.685 bits per heavy atom. The van der Waals surface area contributed by atoms with E-state index in [4.69, 9.17) is 13.8 Å². The highest BCUT2D eigenvalue weighted by molar-refractivity contribution is 5.70. The van der Waals surface area contributed by atoms with Gasteiger partial charge in [0.15, 0.2) is 11.6 Å². The number of aliphatic carboxylic acids is 1. The van der Waals surface area contributed by atoms with E-state index in [-0.39, 0.29) is 24.2 Å². The van der Waals surface area contributed by atoms with Crippen molar-refractivity contribution in [2.24, 2.45) is 11.8 Å². The molecule has 12 nitrogen and oxygen atoms in total. The van der Waals surface area contributed by atoms with Crippen LogP contribution < -0.4 is 10.6 Å². The van der Waals surface area contributed by atoms with E-state index in [0.717, 1.165) is 37.5 Å². The maximum absolute atomic E-state index is 12.5. The number of esters is 1. The molecule has 54 heavy (non-hydrogen) atoms. The fourth-order valence-electron chi connectivity index (χ4n) is 8.38. The van der Waals surface area contributed by atoms with Gasteiger partial charge in [-0.15, -0.1) is 0 Å². The zero-order valence-electron chi connectivity index (χ0n) is 33.6. The minimum Gasteiger partial charge on any atom is -0.481 e. The fraction of sp³-hybridized carbons (Fsp3) is 0.857. The second-order valence-electron chi connectivity index (χ2n) is 17.8. The van der Waals surface area contributed by atoms with E-state index in [1.807, 2.05) is 20.8 Å². The highest BCUT2D eigenvalue weighted by Gasteiger charge is 2.28. The van der Waals surface area contributed by atoms with Crippen molar-refractivity contribution in [2.45, 2.75) is 217 Å². The number of nitrogens with one attached hydrogen (secondary N) is 2. The van der Waals surface area contributed by atoms with Crippen LogP contribution in [0.5, 0.6) is 0 Å². The highest BCUT2D eigenvalue weighted by atomic mass is 16.6. The van der Waals surface area contributed by atoms with Crippen molar-refractivity contribution in [1.29, 1.82) is 0 Å². The molecule has 3 N–H and O–H groups in total. The van der Waals surface area contributed by atoms with Gasteiger partial charge < -0.3 is 29.5 Å². The molecule has 304 valence electrons. The Morgan fingerprint density at radius 2 is 1.13 bits per heavy atom. The molecule has 0 amide bonds. The molecule has 4 aliphatic rings. The predicted molar refractivity (Wildman–Crippen MR) is 207 cm³/mol. The molecule has 0 unspecified atom stereocenters. The van der Waals surface area contributed by atoms with Crippen LogP contribution in [-0.4, -0.2) is 55.0 Å². The number of carboxylic acids is 1. The molecule has 4 fully saturated rings. The Labute approximate surface area is 323 Å². The highest BCUT2D eigenvalue weighted by Crippen LogP contribution is 2.33. The summed E-state index contributed by atoms with van der Waals surface area (Å²) >= 11 is 0. The maximum Gasteiger partial charge on any atom is 0.307 e. The van der Waals surface area contributed by atoms with Crippen molar-refractivity contribution in [2.75, 3.05) is 0 Å². The van der Waals surface area contributed by atoms with Gasteiger partial charge in [-0.05, 0) is 71.1 Å². The van der Waals surface area contributed by atoms with Gasteiger partial charge in [-0.1, -0.05) is 113 Å². The molecule has 0 radical (unpaired) electrons. The van der Waals surface area contributed by atoms with E-state index in [0.29, 0.717) is 55.0 Å². The summed E-state index contributed by atoms with van der Waals surface area (Å²) in [6.07, 6.45) is 27.7. The van der Waals surface area contributed by atoms with E-state index in [1.165, 1.54) is 116 Å². The Morgan fingerprint density at radius 3 is 1.52 bits per heavy atom. The van der Waals surface area contributed by atoms with E-state index in [9.17, 15) is 14.7 Å². The first-order valence-corrected chi connectivity index (χ1v) is 21.6. The number of hydrogen-bond acceptors (Lipinski definition) is 11. The topological polar surface area (TPSA) is 166 Å². The Bertz CT molecular complexity index is 1370. The zero-order chi connectivity index (χ0) is 38.2. The van der Waals surface area contributed by atoms with Crippen LogP contribution in [0.2, 0.25) is 0 Å². The van der Waals surface area contributed by atoms with Crippen LogP contribution in [0, 0.1) is 11.8 Å². The van der Waals surface area contributed by atoms with Gasteiger partial charge in [0.1, 0.15) is 5.60 Å². The summed E-state index contributed by atoms with van der Waals surface area (Å²) in [5.41, 5.74) is -0.476. The van der Waals surface area contributed by atoms with Crippen LogP contribution in [0.4, 0.5) is 0 Å².